The van der Waals surface area contributed by atoms with E-state index < -0.39 is 0 Å². The van der Waals surface area contributed by atoms with E-state index in [2.05, 4.69) is 15.3 Å². The van der Waals surface area contributed by atoms with E-state index in [0.717, 1.165) is 24.6 Å². The normalized spacial score (nSPS) is 18.1. The minimum atomic E-state index is 0.0854. The molecule has 0 bridgehead atoms. The number of rotatable bonds is 5. The van der Waals surface area contributed by atoms with Crippen molar-refractivity contribution in [1.29, 1.82) is 0 Å². The third-order valence-electron chi connectivity index (χ3n) is 3.28. The number of methoxy groups -OCH3 is 1. The first-order valence-electron chi connectivity index (χ1n) is 5.78. The summed E-state index contributed by atoms with van der Waals surface area (Å²) >= 11 is 0. The molecule has 4 heteroatoms. The minimum absolute atomic E-state index is 0.0854. The second-order valence-electron chi connectivity index (χ2n) is 4.44. The molecule has 1 heterocycles. The van der Waals surface area contributed by atoms with Crippen molar-refractivity contribution in [2.45, 2.75) is 38.3 Å². The summed E-state index contributed by atoms with van der Waals surface area (Å²) in [7, 11) is 1.80. The summed E-state index contributed by atoms with van der Waals surface area (Å²) < 4.78 is 5.54. The number of nitrogens with zero attached hydrogens (tertiary/aromatic N) is 2. The Morgan fingerprint density at radius 1 is 1.50 bits per heavy atom. The lowest BCUT2D eigenvalue weighted by molar-refractivity contribution is -0.0695. The second kappa shape index (κ2) is 4.89. The van der Waals surface area contributed by atoms with E-state index in [4.69, 9.17) is 4.74 Å². The molecule has 2 rings (SSSR count). The summed E-state index contributed by atoms with van der Waals surface area (Å²) in [6.07, 6.45) is 5.41. The van der Waals surface area contributed by atoms with Gasteiger partial charge in [-0.15, -0.1) is 0 Å². The lowest BCUT2D eigenvalue weighted by Gasteiger charge is -2.40. The molecule has 1 aromatic rings. The molecule has 0 saturated heterocycles. The Bertz CT molecular complexity index is 344. The van der Waals surface area contributed by atoms with Gasteiger partial charge < -0.3 is 10.1 Å². The molecule has 88 valence electrons. The minimum Gasteiger partial charge on any atom is -0.377 e. The Kier molecular flexibility index (Phi) is 3.51. The van der Waals surface area contributed by atoms with Crippen LogP contribution >= 0.6 is 0 Å². The van der Waals surface area contributed by atoms with Gasteiger partial charge in [-0.2, -0.15) is 0 Å². The first kappa shape index (κ1) is 11.5. The lowest BCUT2D eigenvalue weighted by Crippen LogP contribution is -2.47. The molecule has 0 unspecified atom stereocenters. The molecule has 0 spiro atoms. The van der Waals surface area contributed by atoms with Gasteiger partial charge in [0.2, 0.25) is 0 Å². The Morgan fingerprint density at radius 3 is 2.88 bits per heavy atom. The summed E-state index contributed by atoms with van der Waals surface area (Å²) in [5.41, 5.74) is 1.13. The molecule has 0 amide bonds. The molecule has 0 atom stereocenters. The maximum Gasteiger partial charge on any atom is 0.125 e. The molecule has 1 fully saturated rings. The van der Waals surface area contributed by atoms with Gasteiger partial charge in [0, 0.05) is 26.4 Å². The first-order valence-corrected chi connectivity index (χ1v) is 5.78. The molecule has 1 aromatic heterocycles. The van der Waals surface area contributed by atoms with Crippen molar-refractivity contribution in [3.8, 4) is 0 Å². The van der Waals surface area contributed by atoms with Gasteiger partial charge >= 0.3 is 0 Å². The Labute approximate surface area is 96.4 Å². The average molecular weight is 221 g/mol. The number of aromatic nitrogens is 2. The number of nitrogens with one attached hydrogen (secondary N) is 1. The Hall–Kier alpha value is -1.00. The van der Waals surface area contributed by atoms with Crippen LogP contribution in [-0.4, -0.2) is 29.2 Å². The fourth-order valence-corrected chi connectivity index (χ4v) is 2.05. The molecule has 1 aliphatic carbocycles. The number of hydrogen-bond donors (Lipinski definition) is 1. The van der Waals surface area contributed by atoms with Crippen LogP contribution in [0.2, 0.25) is 0 Å². The smallest absolute Gasteiger partial charge is 0.125 e. The molecule has 0 aromatic carbocycles. The van der Waals surface area contributed by atoms with Crippen LogP contribution in [0, 0.1) is 6.92 Å². The number of aryl methyl sites for hydroxylation is 1. The lowest BCUT2D eigenvalue weighted by atomic mass is 9.80. The molecule has 1 N–H and O–H groups in total. The Balaban J connectivity index is 1.79. The van der Waals surface area contributed by atoms with Crippen molar-refractivity contribution in [1.82, 2.24) is 15.3 Å². The van der Waals surface area contributed by atoms with Crippen molar-refractivity contribution >= 4 is 0 Å². The van der Waals surface area contributed by atoms with E-state index in [1.165, 1.54) is 19.3 Å². The van der Waals surface area contributed by atoms with Crippen LogP contribution in [0.4, 0.5) is 0 Å². The van der Waals surface area contributed by atoms with Crippen LogP contribution in [0.1, 0.15) is 30.8 Å². The average Bonchev–Trinajstić information content (AvgIpc) is 2.22. The highest BCUT2D eigenvalue weighted by atomic mass is 16.5. The van der Waals surface area contributed by atoms with Crippen molar-refractivity contribution in [2.75, 3.05) is 13.7 Å². The third kappa shape index (κ3) is 2.57. The van der Waals surface area contributed by atoms with Crippen LogP contribution in [0.3, 0.4) is 0 Å². The fraction of sp³-hybridized carbons (Fsp3) is 0.667. The predicted molar refractivity (Wildman–Crippen MR) is 62.1 cm³/mol. The van der Waals surface area contributed by atoms with Crippen molar-refractivity contribution < 1.29 is 4.74 Å². The van der Waals surface area contributed by atoms with Crippen molar-refractivity contribution in [3.63, 3.8) is 0 Å². The van der Waals surface area contributed by atoms with Gasteiger partial charge in [0.15, 0.2) is 0 Å². The zero-order chi connectivity index (χ0) is 11.4. The fourth-order valence-electron chi connectivity index (χ4n) is 2.05. The summed E-state index contributed by atoms with van der Waals surface area (Å²) in [5, 5.41) is 3.41. The topological polar surface area (TPSA) is 47.0 Å². The van der Waals surface area contributed by atoms with E-state index in [-0.39, 0.29) is 5.60 Å². The largest absolute Gasteiger partial charge is 0.377 e. The second-order valence-corrected chi connectivity index (χ2v) is 4.44. The SMILES string of the molecule is COC1(CNCc2ccnc(C)n2)CCC1. The third-order valence-corrected chi connectivity index (χ3v) is 3.28. The van der Waals surface area contributed by atoms with Crippen LogP contribution in [0.15, 0.2) is 12.3 Å². The molecular weight excluding hydrogens is 202 g/mol. The highest BCUT2D eigenvalue weighted by Gasteiger charge is 2.36. The number of hydrogen-bond acceptors (Lipinski definition) is 4. The van der Waals surface area contributed by atoms with Gasteiger partial charge in [-0.1, -0.05) is 0 Å². The molecule has 16 heavy (non-hydrogen) atoms. The van der Waals surface area contributed by atoms with Crippen LogP contribution in [0.25, 0.3) is 0 Å². The summed E-state index contributed by atoms with van der Waals surface area (Å²) in [4.78, 5) is 8.42. The summed E-state index contributed by atoms with van der Waals surface area (Å²) in [5.74, 6) is 0.824. The maximum absolute atomic E-state index is 5.54. The van der Waals surface area contributed by atoms with Gasteiger partial charge in [-0.25, -0.2) is 9.97 Å². The zero-order valence-corrected chi connectivity index (χ0v) is 9.99. The van der Waals surface area contributed by atoms with E-state index in [1.807, 2.05) is 13.0 Å². The molecule has 1 aliphatic rings. The summed E-state index contributed by atoms with van der Waals surface area (Å²) in [6.45, 7) is 3.60. The highest BCUT2D eigenvalue weighted by Crippen LogP contribution is 2.34. The monoisotopic (exact) mass is 221 g/mol. The summed E-state index contributed by atoms with van der Waals surface area (Å²) in [6, 6.07) is 1.94. The maximum atomic E-state index is 5.54. The van der Waals surface area contributed by atoms with Gasteiger partial charge in [-0.3, -0.25) is 0 Å². The molecular formula is C12H19N3O. The van der Waals surface area contributed by atoms with E-state index in [0.29, 0.717) is 0 Å². The highest BCUT2D eigenvalue weighted by molar-refractivity contribution is 5.01. The zero-order valence-electron chi connectivity index (χ0n) is 9.99. The standard InChI is InChI=1S/C12H19N3O/c1-10-14-7-4-11(15-10)8-13-9-12(16-2)5-3-6-12/h4,7,13H,3,5-6,8-9H2,1-2H3. The van der Waals surface area contributed by atoms with E-state index >= 15 is 0 Å². The van der Waals surface area contributed by atoms with E-state index in [1.54, 1.807) is 13.3 Å². The van der Waals surface area contributed by atoms with Crippen LogP contribution in [0.5, 0.6) is 0 Å². The van der Waals surface area contributed by atoms with E-state index in [9.17, 15) is 0 Å². The van der Waals surface area contributed by atoms with Crippen LogP contribution < -0.4 is 5.32 Å². The molecule has 1 saturated carbocycles. The van der Waals surface area contributed by atoms with Crippen LogP contribution in [-0.2, 0) is 11.3 Å². The number of ether oxygens (including phenoxy) is 1. The van der Waals surface area contributed by atoms with Crippen molar-refractivity contribution in [3.05, 3.63) is 23.8 Å². The predicted octanol–water partition coefficient (Wildman–Crippen LogP) is 1.44. The van der Waals surface area contributed by atoms with Gasteiger partial charge in [0.25, 0.3) is 0 Å². The van der Waals surface area contributed by atoms with Gasteiger partial charge in [0.05, 0.1) is 11.3 Å². The van der Waals surface area contributed by atoms with Gasteiger partial charge in [-0.05, 0) is 32.3 Å². The quantitative estimate of drug-likeness (QED) is 0.817. The van der Waals surface area contributed by atoms with Gasteiger partial charge in [0.1, 0.15) is 5.82 Å². The van der Waals surface area contributed by atoms with Crippen molar-refractivity contribution in [2.24, 2.45) is 0 Å². The molecule has 4 nitrogen and oxygen atoms in total. The first-order chi connectivity index (χ1) is 7.74. The molecule has 0 radical (unpaired) electrons. The molecule has 0 aliphatic heterocycles. The Morgan fingerprint density at radius 2 is 2.31 bits per heavy atom.